The highest BCUT2D eigenvalue weighted by Crippen LogP contribution is 2.45. The van der Waals surface area contributed by atoms with Crippen LogP contribution < -0.4 is 11.1 Å². The van der Waals surface area contributed by atoms with Gasteiger partial charge in [-0.25, -0.2) is 4.79 Å². The number of rotatable bonds is 3. The summed E-state index contributed by atoms with van der Waals surface area (Å²) >= 11 is 4.08. The Morgan fingerprint density at radius 3 is 2.29 bits per heavy atom. The van der Waals surface area contributed by atoms with Crippen molar-refractivity contribution in [3.8, 4) is 0 Å². The van der Waals surface area contributed by atoms with Crippen molar-refractivity contribution in [1.29, 1.82) is 0 Å². The number of carboxylic acids is 1. The summed E-state index contributed by atoms with van der Waals surface area (Å²) in [6, 6.07) is 22.2. The van der Waals surface area contributed by atoms with Crippen LogP contribution in [-0.4, -0.2) is 17.0 Å². The number of nitrogens with one attached hydrogen (secondary N) is 1. The average molecular weight is 435 g/mol. The maximum atomic E-state index is 11.4. The fraction of sp³-hybridized carbons (Fsp3) is 0.200. The topological polar surface area (TPSA) is 92.4 Å². The van der Waals surface area contributed by atoms with Crippen LogP contribution in [0.25, 0.3) is 0 Å². The third-order valence-electron chi connectivity index (χ3n) is 5.34. The van der Waals surface area contributed by atoms with Crippen molar-refractivity contribution in [2.75, 3.05) is 5.32 Å². The highest BCUT2D eigenvalue weighted by molar-refractivity contribution is 7.80. The minimum absolute atomic E-state index is 0.0000203. The number of nitrogens with two attached hydrogens (primary N) is 1. The zero-order chi connectivity index (χ0) is 22.6. The number of carbonyl (C=O) groups is 2. The monoisotopic (exact) mass is 434 g/mol. The SMILES string of the molecule is CC1(C)Cc2cc(C(=O)O)ccc2NC1c1cccc(C(N)=O)c1.Sc1ccccc1. The molecule has 1 heterocycles. The van der Waals surface area contributed by atoms with Crippen molar-refractivity contribution < 1.29 is 14.7 Å². The molecule has 3 aromatic carbocycles. The molecular weight excluding hydrogens is 408 g/mol. The Balaban J connectivity index is 0.000000330. The molecule has 0 bridgehead atoms. The van der Waals surface area contributed by atoms with Gasteiger partial charge in [-0.3, -0.25) is 4.79 Å². The minimum atomic E-state index is -0.924. The van der Waals surface area contributed by atoms with E-state index >= 15 is 0 Å². The molecule has 6 heteroatoms. The van der Waals surface area contributed by atoms with Gasteiger partial charge in [0.2, 0.25) is 5.91 Å². The molecule has 0 spiro atoms. The van der Waals surface area contributed by atoms with Crippen molar-refractivity contribution in [2.24, 2.45) is 11.1 Å². The number of hydrogen-bond acceptors (Lipinski definition) is 4. The fourth-order valence-electron chi connectivity index (χ4n) is 3.79. The first kappa shape index (κ1) is 22.4. The quantitative estimate of drug-likeness (QED) is 0.427. The van der Waals surface area contributed by atoms with Crippen molar-refractivity contribution in [2.45, 2.75) is 31.2 Å². The maximum absolute atomic E-state index is 11.4. The zero-order valence-corrected chi connectivity index (χ0v) is 18.4. The van der Waals surface area contributed by atoms with Crippen LogP contribution in [0.2, 0.25) is 0 Å². The summed E-state index contributed by atoms with van der Waals surface area (Å²) in [5.41, 5.74) is 8.91. The van der Waals surface area contributed by atoms with Gasteiger partial charge in [0, 0.05) is 16.1 Å². The molecule has 4 rings (SSSR count). The van der Waals surface area contributed by atoms with Crippen molar-refractivity contribution in [3.05, 3.63) is 95.1 Å². The Labute approximate surface area is 187 Å². The molecule has 0 fully saturated rings. The molecule has 4 N–H and O–H groups in total. The van der Waals surface area contributed by atoms with Crippen LogP contribution in [-0.2, 0) is 6.42 Å². The first-order chi connectivity index (χ1) is 14.7. The van der Waals surface area contributed by atoms with E-state index in [1.807, 2.05) is 48.5 Å². The van der Waals surface area contributed by atoms with Crippen molar-refractivity contribution in [3.63, 3.8) is 0 Å². The second kappa shape index (κ2) is 9.27. The molecular formula is C25H26N2O3S. The molecule has 0 saturated carbocycles. The van der Waals surface area contributed by atoms with Gasteiger partial charge in [-0.15, -0.1) is 12.6 Å². The second-order valence-electron chi connectivity index (χ2n) is 8.25. The number of primary amides is 1. The van der Waals surface area contributed by atoms with E-state index in [4.69, 9.17) is 10.8 Å². The number of benzene rings is 3. The molecule has 1 unspecified atom stereocenters. The van der Waals surface area contributed by atoms with Gasteiger partial charge in [0.05, 0.1) is 11.6 Å². The normalized spacial score (nSPS) is 16.2. The number of hydrogen-bond donors (Lipinski definition) is 4. The molecule has 0 aromatic heterocycles. The Kier molecular flexibility index (Phi) is 6.71. The number of carbonyl (C=O) groups excluding carboxylic acids is 1. The molecule has 1 amide bonds. The smallest absolute Gasteiger partial charge is 0.335 e. The van der Waals surface area contributed by atoms with Gasteiger partial charge in [0.15, 0.2) is 0 Å². The highest BCUT2D eigenvalue weighted by atomic mass is 32.1. The van der Waals surface area contributed by atoms with Gasteiger partial charge >= 0.3 is 5.97 Å². The van der Waals surface area contributed by atoms with Crippen LogP contribution in [0.15, 0.2) is 77.7 Å². The predicted octanol–water partition coefficient (Wildman–Crippen LogP) is 5.19. The highest BCUT2D eigenvalue weighted by Gasteiger charge is 2.36. The van der Waals surface area contributed by atoms with E-state index in [-0.39, 0.29) is 11.5 Å². The summed E-state index contributed by atoms with van der Waals surface area (Å²) in [5, 5.41) is 12.7. The van der Waals surface area contributed by atoms with Crippen LogP contribution in [0.4, 0.5) is 5.69 Å². The number of aromatic carboxylic acids is 1. The Morgan fingerprint density at radius 2 is 1.71 bits per heavy atom. The number of amides is 1. The lowest BCUT2D eigenvalue weighted by Crippen LogP contribution is -2.35. The number of fused-ring (bicyclic) bond motifs is 1. The minimum Gasteiger partial charge on any atom is -0.478 e. The lowest BCUT2D eigenvalue weighted by molar-refractivity contribution is 0.0696. The summed E-state index contributed by atoms with van der Waals surface area (Å²) < 4.78 is 0. The molecule has 3 aromatic rings. The second-order valence-corrected chi connectivity index (χ2v) is 8.76. The summed E-state index contributed by atoms with van der Waals surface area (Å²) in [7, 11) is 0. The summed E-state index contributed by atoms with van der Waals surface area (Å²) in [4.78, 5) is 23.6. The van der Waals surface area contributed by atoms with Gasteiger partial charge < -0.3 is 16.2 Å². The number of carboxylic acid groups (broad SMARTS) is 1. The molecule has 0 aliphatic carbocycles. The molecule has 1 aliphatic rings. The first-order valence-corrected chi connectivity index (χ1v) is 10.4. The first-order valence-electron chi connectivity index (χ1n) is 9.94. The van der Waals surface area contributed by atoms with Crippen molar-refractivity contribution in [1.82, 2.24) is 0 Å². The standard InChI is InChI=1S/C19H20N2O3.C6H6S/c1-19(2)10-14-9-13(18(23)24)6-7-15(14)21-16(19)11-4-3-5-12(8-11)17(20)22;7-6-4-2-1-3-5-6/h3-9,16,21H,10H2,1-2H3,(H2,20,22)(H,23,24);1-5,7H. The van der Waals surface area contributed by atoms with Crippen LogP contribution in [0.1, 0.15) is 51.7 Å². The van der Waals surface area contributed by atoms with Crippen LogP contribution in [0.5, 0.6) is 0 Å². The lowest BCUT2D eigenvalue weighted by atomic mass is 9.72. The van der Waals surface area contributed by atoms with Crippen LogP contribution >= 0.6 is 12.6 Å². The Hall–Kier alpha value is -3.25. The van der Waals surface area contributed by atoms with Gasteiger partial charge in [-0.05, 0) is 65.4 Å². The lowest BCUT2D eigenvalue weighted by Gasteiger charge is -2.41. The van der Waals surface area contributed by atoms with Gasteiger partial charge in [-0.1, -0.05) is 44.2 Å². The van der Waals surface area contributed by atoms with E-state index < -0.39 is 11.9 Å². The van der Waals surface area contributed by atoms with Crippen LogP contribution in [0, 0.1) is 5.41 Å². The fourth-order valence-corrected chi connectivity index (χ4v) is 3.96. The largest absolute Gasteiger partial charge is 0.478 e. The molecule has 5 nitrogen and oxygen atoms in total. The molecule has 1 aliphatic heterocycles. The van der Waals surface area contributed by atoms with Crippen molar-refractivity contribution >= 4 is 30.2 Å². The molecule has 1 atom stereocenters. The summed E-state index contributed by atoms with van der Waals surface area (Å²) in [6.45, 7) is 4.25. The van der Waals surface area contributed by atoms with E-state index in [0.717, 1.165) is 28.1 Å². The van der Waals surface area contributed by atoms with E-state index in [9.17, 15) is 9.59 Å². The molecule has 31 heavy (non-hydrogen) atoms. The molecule has 0 saturated heterocycles. The van der Waals surface area contributed by atoms with Gasteiger partial charge in [0.25, 0.3) is 0 Å². The van der Waals surface area contributed by atoms with E-state index in [2.05, 4.69) is 31.8 Å². The molecule has 160 valence electrons. The van der Waals surface area contributed by atoms with Crippen LogP contribution in [0.3, 0.4) is 0 Å². The van der Waals surface area contributed by atoms with Gasteiger partial charge in [-0.2, -0.15) is 0 Å². The third-order valence-corrected chi connectivity index (χ3v) is 5.64. The summed E-state index contributed by atoms with van der Waals surface area (Å²) in [6.07, 6.45) is 0.738. The summed E-state index contributed by atoms with van der Waals surface area (Å²) in [5.74, 6) is -1.37. The third kappa shape index (κ3) is 5.47. The zero-order valence-electron chi connectivity index (χ0n) is 17.5. The Morgan fingerprint density at radius 1 is 1.00 bits per heavy atom. The number of anilines is 1. The number of thiol groups is 1. The van der Waals surface area contributed by atoms with E-state index in [1.165, 1.54) is 0 Å². The molecule has 0 radical (unpaired) electrons. The maximum Gasteiger partial charge on any atom is 0.335 e. The van der Waals surface area contributed by atoms with E-state index in [0.29, 0.717) is 11.1 Å². The predicted molar refractivity (Wildman–Crippen MR) is 126 cm³/mol. The van der Waals surface area contributed by atoms with E-state index in [1.54, 1.807) is 24.3 Å². The van der Waals surface area contributed by atoms with Gasteiger partial charge in [0.1, 0.15) is 0 Å². The Bertz CT molecular complexity index is 1100. The average Bonchev–Trinajstić information content (AvgIpc) is 2.73.